The second kappa shape index (κ2) is 6.79. The molecule has 0 saturated carbocycles. The Morgan fingerprint density at radius 2 is 2.04 bits per heavy atom. The fourth-order valence-corrected chi connectivity index (χ4v) is 4.54. The zero-order chi connectivity index (χ0) is 18.1. The van der Waals surface area contributed by atoms with Crippen molar-refractivity contribution >= 4 is 23.2 Å². The van der Waals surface area contributed by atoms with Crippen LogP contribution in [0.4, 0.5) is 4.39 Å². The zero-order valence-corrected chi connectivity index (χ0v) is 15.2. The van der Waals surface area contributed by atoms with Gasteiger partial charge in [-0.3, -0.25) is 9.59 Å². The van der Waals surface area contributed by atoms with Gasteiger partial charge in [-0.1, -0.05) is 12.1 Å². The van der Waals surface area contributed by atoms with Crippen molar-refractivity contribution in [3.05, 3.63) is 52.2 Å². The summed E-state index contributed by atoms with van der Waals surface area (Å²) in [6, 6.07) is 6.28. The van der Waals surface area contributed by atoms with E-state index in [0.29, 0.717) is 38.3 Å². The van der Waals surface area contributed by atoms with E-state index in [9.17, 15) is 14.0 Å². The van der Waals surface area contributed by atoms with Gasteiger partial charge >= 0.3 is 0 Å². The van der Waals surface area contributed by atoms with Crippen molar-refractivity contribution in [2.24, 2.45) is 5.41 Å². The van der Waals surface area contributed by atoms with Gasteiger partial charge in [0.25, 0.3) is 5.91 Å². The first kappa shape index (κ1) is 17.1. The van der Waals surface area contributed by atoms with Crippen LogP contribution in [-0.2, 0) is 11.3 Å². The standard InChI is InChI=1S/C19H20FN3O2S/c20-15-4-2-14(3-5-15)10-22-8-1-6-19(18(22)25)7-9-23(12-19)17(24)16-11-26-13-21-16/h2-5,11,13H,1,6-10,12H2/t19-/m0/s1. The number of halogens is 1. The first-order valence-corrected chi connectivity index (χ1v) is 9.73. The van der Waals surface area contributed by atoms with Gasteiger partial charge in [0.05, 0.1) is 10.9 Å². The summed E-state index contributed by atoms with van der Waals surface area (Å²) >= 11 is 1.40. The summed E-state index contributed by atoms with van der Waals surface area (Å²) in [7, 11) is 0. The van der Waals surface area contributed by atoms with Crippen molar-refractivity contribution in [1.82, 2.24) is 14.8 Å². The van der Waals surface area contributed by atoms with E-state index in [0.717, 1.165) is 18.4 Å². The molecule has 5 nitrogen and oxygen atoms in total. The molecule has 0 N–H and O–H groups in total. The average Bonchev–Trinajstić information content (AvgIpc) is 3.31. The molecule has 1 aromatic carbocycles. The molecule has 2 aromatic rings. The second-order valence-electron chi connectivity index (χ2n) is 7.09. The molecule has 0 unspecified atom stereocenters. The zero-order valence-electron chi connectivity index (χ0n) is 14.4. The lowest BCUT2D eigenvalue weighted by molar-refractivity contribution is -0.146. The lowest BCUT2D eigenvalue weighted by Gasteiger charge is -2.39. The van der Waals surface area contributed by atoms with Crippen molar-refractivity contribution in [3.63, 3.8) is 0 Å². The van der Waals surface area contributed by atoms with Gasteiger partial charge in [-0.05, 0) is 37.0 Å². The minimum atomic E-state index is -0.482. The fourth-order valence-electron chi connectivity index (χ4n) is 4.02. The molecule has 7 heteroatoms. The van der Waals surface area contributed by atoms with Gasteiger partial charge in [0, 0.05) is 31.6 Å². The molecule has 3 heterocycles. The molecule has 2 aliphatic heterocycles. The van der Waals surface area contributed by atoms with E-state index in [2.05, 4.69) is 4.98 Å². The van der Waals surface area contributed by atoms with E-state index in [1.54, 1.807) is 27.9 Å². The maximum atomic E-state index is 13.2. The van der Waals surface area contributed by atoms with Gasteiger partial charge in [-0.15, -0.1) is 11.3 Å². The van der Waals surface area contributed by atoms with Crippen LogP contribution in [0.2, 0.25) is 0 Å². The minimum absolute atomic E-state index is 0.0911. The molecule has 0 aliphatic carbocycles. The van der Waals surface area contributed by atoms with Crippen LogP contribution in [0.3, 0.4) is 0 Å². The first-order valence-electron chi connectivity index (χ1n) is 8.79. The number of carbonyl (C=O) groups is 2. The number of carbonyl (C=O) groups excluding carboxylic acids is 2. The Morgan fingerprint density at radius 1 is 1.23 bits per heavy atom. The summed E-state index contributed by atoms with van der Waals surface area (Å²) in [5, 5.41) is 1.75. The number of likely N-dealkylation sites (tertiary alicyclic amines) is 2. The SMILES string of the molecule is O=C(c1cscn1)N1CC[C@@]2(CCCN(Cc3ccc(F)cc3)C2=O)C1. The van der Waals surface area contributed by atoms with Crippen LogP contribution < -0.4 is 0 Å². The number of aromatic nitrogens is 1. The molecular weight excluding hydrogens is 353 g/mol. The molecule has 1 aromatic heterocycles. The molecule has 1 spiro atoms. The third kappa shape index (κ3) is 3.11. The van der Waals surface area contributed by atoms with E-state index in [1.165, 1.54) is 23.5 Å². The third-order valence-corrected chi connectivity index (χ3v) is 5.99. The molecular formula is C19H20FN3O2S. The first-order chi connectivity index (χ1) is 12.6. The van der Waals surface area contributed by atoms with Crippen LogP contribution in [0.25, 0.3) is 0 Å². The normalized spacial score (nSPS) is 23.0. The van der Waals surface area contributed by atoms with Crippen molar-refractivity contribution in [2.45, 2.75) is 25.8 Å². The predicted octanol–water partition coefficient (Wildman–Crippen LogP) is 2.94. The predicted molar refractivity (Wildman–Crippen MR) is 96.1 cm³/mol. The highest BCUT2D eigenvalue weighted by Gasteiger charge is 2.49. The highest BCUT2D eigenvalue weighted by molar-refractivity contribution is 7.07. The summed E-state index contributed by atoms with van der Waals surface area (Å²) in [5.74, 6) is -0.254. The molecule has 2 fully saturated rings. The van der Waals surface area contributed by atoms with Crippen molar-refractivity contribution < 1.29 is 14.0 Å². The summed E-state index contributed by atoms with van der Waals surface area (Å²) in [4.78, 5) is 33.4. The number of amides is 2. The monoisotopic (exact) mass is 373 g/mol. The number of rotatable bonds is 3. The molecule has 2 saturated heterocycles. The number of hydrogen-bond donors (Lipinski definition) is 0. The Labute approximate surface area is 155 Å². The molecule has 136 valence electrons. The number of thiazole rings is 1. The lowest BCUT2D eigenvalue weighted by Crippen LogP contribution is -2.50. The molecule has 0 bridgehead atoms. The van der Waals surface area contributed by atoms with Crippen LogP contribution in [0.15, 0.2) is 35.2 Å². The summed E-state index contributed by atoms with van der Waals surface area (Å²) in [6.07, 6.45) is 2.43. The van der Waals surface area contributed by atoms with Crippen LogP contribution in [0, 0.1) is 11.2 Å². The highest BCUT2D eigenvalue weighted by Crippen LogP contribution is 2.40. The number of piperidine rings is 1. The quantitative estimate of drug-likeness (QED) is 0.831. The van der Waals surface area contributed by atoms with E-state index in [-0.39, 0.29) is 17.6 Å². The van der Waals surface area contributed by atoms with Crippen molar-refractivity contribution in [3.8, 4) is 0 Å². The highest BCUT2D eigenvalue weighted by atomic mass is 32.1. The van der Waals surface area contributed by atoms with Crippen LogP contribution in [-0.4, -0.2) is 46.2 Å². The Bertz CT molecular complexity index is 809. The molecule has 2 amide bonds. The topological polar surface area (TPSA) is 53.5 Å². The second-order valence-corrected chi connectivity index (χ2v) is 7.81. The van der Waals surface area contributed by atoms with Gasteiger partial charge in [-0.2, -0.15) is 0 Å². The number of hydrogen-bond acceptors (Lipinski definition) is 4. The van der Waals surface area contributed by atoms with Crippen molar-refractivity contribution in [1.29, 1.82) is 0 Å². The molecule has 0 radical (unpaired) electrons. The Hall–Kier alpha value is -2.28. The van der Waals surface area contributed by atoms with Gasteiger partial charge in [0.1, 0.15) is 11.5 Å². The van der Waals surface area contributed by atoms with Crippen LogP contribution in [0.5, 0.6) is 0 Å². The number of nitrogens with zero attached hydrogens (tertiary/aromatic N) is 3. The average molecular weight is 373 g/mol. The third-order valence-electron chi connectivity index (χ3n) is 5.40. The summed E-state index contributed by atoms with van der Waals surface area (Å²) < 4.78 is 13.1. The number of benzene rings is 1. The molecule has 26 heavy (non-hydrogen) atoms. The smallest absolute Gasteiger partial charge is 0.273 e. The summed E-state index contributed by atoms with van der Waals surface area (Å²) in [5.41, 5.74) is 2.54. The van der Waals surface area contributed by atoms with E-state index in [1.807, 2.05) is 4.90 Å². The minimum Gasteiger partial charge on any atom is -0.338 e. The van der Waals surface area contributed by atoms with Gasteiger partial charge < -0.3 is 9.80 Å². The Kier molecular flexibility index (Phi) is 4.48. The van der Waals surface area contributed by atoms with Gasteiger partial charge in [0.2, 0.25) is 5.91 Å². The molecule has 4 rings (SSSR count). The van der Waals surface area contributed by atoms with Crippen LogP contribution >= 0.6 is 11.3 Å². The van der Waals surface area contributed by atoms with E-state index >= 15 is 0 Å². The Balaban J connectivity index is 1.47. The summed E-state index contributed by atoms with van der Waals surface area (Å²) in [6.45, 7) is 2.24. The maximum absolute atomic E-state index is 13.2. The van der Waals surface area contributed by atoms with Gasteiger partial charge in [0.15, 0.2) is 0 Å². The van der Waals surface area contributed by atoms with Crippen LogP contribution in [0.1, 0.15) is 35.3 Å². The Morgan fingerprint density at radius 3 is 2.77 bits per heavy atom. The molecule has 2 aliphatic rings. The van der Waals surface area contributed by atoms with Gasteiger partial charge in [-0.25, -0.2) is 9.37 Å². The fraction of sp³-hybridized carbons (Fsp3) is 0.421. The molecule has 1 atom stereocenters. The lowest BCUT2D eigenvalue weighted by atomic mass is 9.78. The largest absolute Gasteiger partial charge is 0.338 e. The van der Waals surface area contributed by atoms with E-state index < -0.39 is 5.41 Å². The van der Waals surface area contributed by atoms with E-state index in [4.69, 9.17) is 0 Å². The maximum Gasteiger partial charge on any atom is 0.273 e. The van der Waals surface area contributed by atoms with Crippen molar-refractivity contribution in [2.75, 3.05) is 19.6 Å².